The number of benzene rings is 3. The van der Waals surface area contributed by atoms with E-state index >= 15 is 0 Å². The molecule has 4 aromatic rings. The van der Waals surface area contributed by atoms with E-state index in [-0.39, 0.29) is 0 Å². The minimum Gasteiger partial charge on any atom is -0.497 e. The Morgan fingerprint density at radius 3 is 2.03 bits per heavy atom. The van der Waals surface area contributed by atoms with Crippen LogP contribution in [0.2, 0.25) is 0 Å². The van der Waals surface area contributed by atoms with Crippen LogP contribution in [0.1, 0.15) is 23.7 Å². The van der Waals surface area contributed by atoms with Gasteiger partial charge in [0, 0.05) is 22.5 Å². The van der Waals surface area contributed by atoms with Crippen LogP contribution in [-0.4, -0.2) is 31.6 Å². The van der Waals surface area contributed by atoms with Gasteiger partial charge in [0.2, 0.25) is 0 Å². The van der Waals surface area contributed by atoms with Gasteiger partial charge < -0.3 is 23.6 Å². The SMILES string of the molecule is COc1ccc(CON=C(C)c2cc(-c3cccc(OC)c3)n(-c3ccc(OC)cc3)c2C)cc1. The molecule has 0 saturated carbocycles. The van der Waals surface area contributed by atoms with E-state index in [1.165, 1.54) is 0 Å². The van der Waals surface area contributed by atoms with Gasteiger partial charge in [-0.15, -0.1) is 0 Å². The first-order chi connectivity index (χ1) is 17.0. The summed E-state index contributed by atoms with van der Waals surface area (Å²) in [6.45, 7) is 4.43. The number of aromatic nitrogens is 1. The molecule has 0 atom stereocenters. The van der Waals surface area contributed by atoms with E-state index in [1.807, 2.05) is 73.7 Å². The first-order valence-electron chi connectivity index (χ1n) is 11.3. The summed E-state index contributed by atoms with van der Waals surface area (Å²) < 4.78 is 18.2. The van der Waals surface area contributed by atoms with Gasteiger partial charge in [0.1, 0.15) is 23.9 Å². The quantitative estimate of drug-likeness (QED) is 0.209. The lowest BCUT2D eigenvalue weighted by atomic mass is 10.1. The first-order valence-corrected chi connectivity index (χ1v) is 11.3. The predicted molar refractivity (Wildman–Crippen MR) is 139 cm³/mol. The van der Waals surface area contributed by atoms with Crippen molar-refractivity contribution in [3.63, 3.8) is 0 Å². The summed E-state index contributed by atoms with van der Waals surface area (Å²) in [5, 5.41) is 4.42. The van der Waals surface area contributed by atoms with Crippen LogP contribution in [0.15, 0.2) is 84.0 Å². The monoisotopic (exact) mass is 470 g/mol. The second kappa shape index (κ2) is 10.8. The summed E-state index contributed by atoms with van der Waals surface area (Å²) in [4.78, 5) is 5.69. The van der Waals surface area contributed by atoms with Crippen LogP contribution >= 0.6 is 0 Å². The van der Waals surface area contributed by atoms with Gasteiger partial charge in [-0.1, -0.05) is 29.4 Å². The van der Waals surface area contributed by atoms with Gasteiger partial charge in [-0.3, -0.25) is 0 Å². The topological polar surface area (TPSA) is 54.2 Å². The maximum absolute atomic E-state index is 5.69. The van der Waals surface area contributed by atoms with E-state index < -0.39 is 0 Å². The van der Waals surface area contributed by atoms with Crippen LogP contribution in [0.3, 0.4) is 0 Å². The van der Waals surface area contributed by atoms with Crippen molar-refractivity contribution in [3.8, 4) is 34.2 Å². The third-order valence-corrected chi connectivity index (χ3v) is 5.92. The lowest BCUT2D eigenvalue weighted by Gasteiger charge is -2.13. The molecule has 0 N–H and O–H groups in total. The van der Waals surface area contributed by atoms with Crippen molar-refractivity contribution >= 4 is 5.71 Å². The van der Waals surface area contributed by atoms with Gasteiger partial charge in [-0.05, 0) is 74.0 Å². The van der Waals surface area contributed by atoms with Gasteiger partial charge >= 0.3 is 0 Å². The van der Waals surface area contributed by atoms with E-state index in [2.05, 4.69) is 28.8 Å². The number of nitrogens with zero attached hydrogens (tertiary/aromatic N) is 2. The molecule has 3 aromatic carbocycles. The van der Waals surface area contributed by atoms with Crippen molar-refractivity contribution < 1.29 is 19.0 Å². The predicted octanol–water partition coefficient (Wildman–Crippen LogP) is 6.42. The molecule has 0 fully saturated rings. The molecule has 35 heavy (non-hydrogen) atoms. The number of ether oxygens (including phenoxy) is 3. The van der Waals surface area contributed by atoms with Crippen LogP contribution in [0, 0.1) is 6.92 Å². The van der Waals surface area contributed by atoms with Crippen molar-refractivity contribution in [2.75, 3.05) is 21.3 Å². The molecule has 0 aliphatic rings. The lowest BCUT2D eigenvalue weighted by Crippen LogP contribution is -2.03. The Morgan fingerprint density at radius 2 is 1.40 bits per heavy atom. The highest BCUT2D eigenvalue weighted by molar-refractivity contribution is 6.01. The fourth-order valence-corrected chi connectivity index (χ4v) is 4.01. The molecule has 1 heterocycles. The van der Waals surface area contributed by atoms with Crippen LogP contribution in [0.25, 0.3) is 16.9 Å². The Hall–Kier alpha value is -4.19. The average molecular weight is 471 g/mol. The molecule has 0 radical (unpaired) electrons. The van der Waals surface area contributed by atoms with Crippen molar-refractivity contribution in [2.24, 2.45) is 5.16 Å². The van der Waals surface area contributed by atoms with Crippen molar-refractivity contribution in [1.29, 1.82) is 0 Å². The normalized spacial score (nSPS) is 11.3. The van der Waals surface area contributed by atoms with Crippen LogP contribution in [0.4, 0.5) is 0 Å². The Kier molecular flexibility index (Phi) is 7.41. The minimum atomic E-state index is 0.377. The van der Waals surface area contributed by atoms with Gasteiger partial charge in [-0.25, -0.2) is 0 Å². The summed E-state index contributed by atoms with van der Waals surface area (Å²) in [6, 6.07) is 26.0. The molecule has 4 rings (SSSR count). The first kappa shape index (κ1) is 24.0. The fraction of sp³-hybridized carbons (Fsp3) is 0.207. The van der Waals surface area contributed by atoms with E-state index in [4.69, 9.17) is 19.0 Å². The van der Waals surface area contributed by atoms with Crippen LogP contribution < -0.4 is 14.2 Å². The molecule has 1 aromatic heterocycles. The molecule has 0 aliphatic heterocycles. The zero-order valence-electron chi connectivity index (χ0n) is 20.7. The third-order valence-electron chi connectivity index (χ3n) is 5.92. The Labute approximate surface area is 206 Å². The molecule has 0 spiro atoms. The van der Waals surface area contributed by atoms with Crippen LogP contribution in [0.5, 0.6) is 17.2 Å². The van der Waals surface area contributed by atoms with E-state index in [1.54, 1.807) is 21.3 Å². The molecule has 0 bridgehead atoms. The third kappa shape index (κ3) is 5.32. The van der Waals surface area contributed by atoms with Gasteiger partial charge in [0.15, 0.2) is 0 Å². The zero-order chi connectivity index (χ0) is 24.8. The maximum atomic E-state index is 5.69. The standard InChI is InChI=1S/C29H30N2O4/c1-20(30-35-19-22-9-13-25(32-3)14-10-22)28-18-29(23-7-6-8-27(17-23)34-5)31(21(28)2)24-11-15-26(33-4)16-12-24/h6-18H,19H2,1-5H3. The number of oxime groups is 1. The Morgan fingerprint density at radius 1 is 0.771 bits per heavy atom. The number of hydrogen-bond donors (Lipinski definition) is 0. The highest BCUT2D eigenvalue weighted by Crippen LogP contribution is 2.32. The second-order valence-corrected chi connectivity index (χ2v) is 8.09. The number of hydrogen-bond acceptors (Lipinski definition) is 5. The molecule has 6 heteroatoms. The van der Waals surface area contributed by atoms with Crippen molar-refractivity contribution in [3.05, 3.63) is 95.7 Å². The summed E-state index contributed by atoms with van der Waals surface area (Å²) in [5.41, 5.74) is 6.99. The molecule has 0 saturated heterocycles. The van der Waals surface area contributed by atoms with Gasteiger partial charge in [0.25, 0.3) is 0 Å². The fourth-order valence-electron chi connectivity index (χ4n) is 4.01. The molecule has 0 amide bonds. The van der Waals surface area contributed by atoms with Gasteiger partial charge in [-0.2, -0.15) is 0 Å². The minimum absolute atomic E-state index is 0.377. The van der Waals surface area contributed by atoms with Crippen molar-refractivity contribution in [2.45, 2.75) is 20.5 Å². The number of methoxy groups -OCH3 is 3. The highest BCUT2D eigenvalue weighted by Gasteiger charge is 2.17. The molecule has 0 aliphatic carbocycles. The summed E-state index contributed by atoms with van der Waals surface area (Å²) >= 11 is 0. The molecule has 0 unspecified atom stereocenters. The highest BCUT2D eigenvalue weighted by atomic mass is 16.6. The van der Waals surface area contributed by atoms with Crippen molar-refractivity contribution in [1.82, 2.24) is 4.57 Å². The smallest absolute Gasteiger partial charge is 0.142 e. The summed E-state index contributed by atoms with van der Waals surface area (Å²) in [6.07, 6.45) is 0. The second-order valence-electron chi connectivity index (χ2n) is 8.09. The molecular formula is C29H30N2O4. The Balaban J connectivity index is 1.69. The Bertz CT molecular complexity index is 1310. The average Bonchev–Trinajstić information content (AvgIpc) is 3.26. The maximum Gasteiger partial charge on any atom is 0.142 e. The van der Waals surface area contributed by atoms with E-state index in [0.29, 0.717) is 6.61 Å². The van der Waals surface area contributed by atoms with Crippen LogP contribution in [-0.2, 0) is 11.4 Å². The lowest BCUT2D eigenvalue weighted by molar-refractivity contribution is 0.130. The number of rotatable bonds is 9. The zero-order valence-corrected chi connectivity index (χ0v) is 20.7. The van der Waals surface area contributed by atoms with E-state index in [9.17, 15) is 0 Å². The van der Waals surface area contributed by atoms with E-state index in [0.717, 1.165) is 56.7 Å². The largest absolute Gasteiger partial charge is 0.497 e. The molecule has 6 nitrogen and oxygen atoms in total. The van der Waals surface area contributed by atoms with Gasteiger partial charge in [0.05, 0.1) is 32.7 Å². The summed E-state index contributed by atoms with van der Waals surface area (Å²) in [5.74, 6) is 2.43. The molecule has 180 valence electrons. The summed E-state index contributed by atoms with van der Waals surface area (Å²) in [7, 11) is 5.00. The molecular weight excluding hydrogens is 440 g/mol.